The highest BCUT2D eigenvalue weighted by atomic mass is 19.1. The molecule has 126 valence electrons. The predicted octanol–water partition coefficient (Wildman–Crippen LogP) is 4.39. The van der Waals surface area contributed by atoms with E-state index in [2.05, 4.69) is 40.7 Å². The van der Waals surface area contributed by atoms with Gasteiger partial charge in [-0.2, -0.15) is 0 Å². The Bertz CT molecular complexity index is 861. The first-order chi connectivity index (χ1) is 12.1. The molecular formula is C20H18FN3O. The Balaban J connectivity index is 1.58. The number of carbonyl (C=O) groups is 1. The summed E-state index contributed by atoms with van der Waals surface area (Å²) in [6.07, 6.45) is 1.58. The van der Waals surface area contributed by atoms with Crippen LogP contribution in [0.15, 0.2) is 66.9 Å². The third-order valence-electron chi connectivity index (χ3n) is 3.68. The number of hydrogen-bond acceptors (Lipinski definition) is 3. The number of nitrogens with one attached hydrogen (secondary N) is 2. The second-order valence-electron chi connectivity index (χ2n) is 5.74. The average molecular weight is 335 g/mol. The Kier molecular flexibility index (Phi) is 5.04. The van der Waals surface area contributed by atoms with Crippen molar-refractivity contribution in [1.82, 2.24) is 4.98 Å². The van der Waals surface area contributed by atoms with Crippen LogP contribution in [0.1, 0.15) is 21.5 Å². The molecule has 0 aliphatic heterocycles. The van der Waals surface area contributed by atoms with E-state index in [1.54, 1.807) is 18.3 Å². The zero-order chi connectivity index (χ0) is 17.6. The molecule has 0 bridgehead atoms. The van der Waals surface area contributed by atoms with Crippen molar-refractivity contribution in [1.29, 1.82) is 0 Å². The van der Waals surface area contributed by atoms with Crippen LogP contribution in [0, 0.1) is 12.7 Å². The van der Waals surface area contributed by atoms with E-state index in [-0.39, 0.29) is 11.7 Å². The molecule has 2 aromatic carbocycles. The molecule has 2 N–H and O–H groups in total. The van der Waals surface area contributed by atoms with Crippen LogP contribution in [0.5, 0.6) is 0 Å². The van der Waals surface area contributed by atoms with E-state index < -0.39 is 0 Å². The van der Waals surface area contributed by atoms with Crippen molar-refractivity contribution < 1.29 is 9.18 Å². The van der Waals surface area contributed by atoms with Gasteiger partial charge in [-0.15, -0.1) is 0 Å². The van der Waals surface area contributed by atoms with Gasteiger partial charge in [0.25, 0.3) is 5.91 Å². The van der Waals surface area contributed by atoms with Crippen molar-refractivity contribution in [3.63, 3.8) is 0 Å². The lowest BCUT2D eigenvalue weighted by Gasteiger charge is -2.08. The number of halogens is 1. The van der Waals surface area contributed by atoms with Gasteiger partial charge in [0, 0.05) is 12.1 Å². The molecule has 3 rings (SSSR count). The Hall–Kier alpha value is -3.21. The van der Waals surface area contributed by atoms with E-state index in [0.29, 0.717) is 17.8 Å². The van der Waals surface area contributed by atoms with E-state index in [0.717, 1.165) is 5.82 Å². The number of amides is 1. The van der Waals surface area contributed by atoms with Gasteiger partial charge in [0.05, 0.1) is 11.9 Å². The maximum Gasteiger partial charge on any atom is 0.255 e. The summed E-state index contributed by atoms with van der Waals surface area (Å²) in [6, 6.07) is 17.2. The van der Waals surface area contributed by atoms with E-state index in [1.807, 2.05) is 6.07 Å². The van der Waals surface area contributed by atoms with Gasteiger partial charge in [0.15, 0.2) is 0 Å². The zero-order valence-corrected chi connectivity index (χ0v) is 13.8. The number of nitrogens with zero attached hydrogens (tertiary/aromatic N) is 1. The third-order valence-corrected chi connectivity index (χ3v) is 3.68. The Labute approximate surface area is 145 Å². The Morgan fingerprint density at radius 3 is 2.56 bits per heavy atom. The van der Waals surface area contributed by atoms with Crippen LogP contribution in [0.25, 0.3) is 0 Å². The molecule has 0 unspecified atom stereocenters. The predicted molar refractivity (Wildman–Crippen MR) is 97.1 cm³/mol. The summed E-state index contributed by atoms with van der Waals surface area (Å²) in [5.41, 5.74) is 3.36. The van der Waals surface area contributed by atoms with Crippen molar-refractivity contribution in [2.45, 2.75) is 13.5 Å². The van der Waals surface area contributed by atoms with Gasteiger partial charge in [-0.1, -0.05) is 29.8 Å². The molecule has 3 aromatic rings. The van der Waals surface area contributed by atoms with Crippen LogP contribution in [0.3, 0.4) is 0 Å². The minimum absolute atomic E-state index is 0.303. The fourth-order valence-electron chi connectivity index (χ4n) is 2.39. The molecule has 0 saturated carbocycles. The molecule has 25 heavy (non-hydrogen) atoms. The highest BCUT2D eigenvalue weighted by Gasteiger charge is 2.06. The molecule has 0 spiro atoms. The lowest BCUT2D eigenvalue weighted by Crippen LogP contribution is -2.12. The number of aromatic nitrogens is 1. The molecule has 0 atom stereocenters. The molecule has 0 aliphatic carbocycles. The number of carbonyl (C=O) groups excluding carboxylic acids is 1. The van der Waals surface area contributed by atoms with Gasteiger partial charge in [0.1, 0.15) is 11.6 Å². The SMILES string of the molecule is Cc1cccc(CNc2ccc(NC(=O)c3ccc(F)cc3)cn2)c1. The standard InChI is InChI=1S/C20H18FN3O/c1-14-3-2-4-15(11-14)12-22-19-10-9-18(13-23-19)24-20(25)16-5-7-17(21)8-6-16/h2-11,13H,12H2,1H3,(H,22,23)(H,24,25). The second kappa shape index (κ2) is 7.57. The maximum atomic E-state index is 12.9. The first-order valence-electron chi connectivity index (χ1n) is 7.92. The van der Waals surface area contributed by atoms with Crippen molar-refractivity contribution in [3.8, 4) is 0 Å². The summed E-state index contributed by atoms with van der Waals surface area (Å²) < 4.78 is 12.9. The molecular weight excluding hydrogens is 317 g/mol. The molecule has 0 radical (unpaired) electrons. The van der Waals surface area contributed by atoms with Crippen molar-refractivity contribution in [3.05, 3.63) is 89.4 Å². The van der Waals surface area contributed by atoms with Gasteiger partial charge in [-0.05, 0) is 48.9 Å². The minimum Gasteiger partial charge on any atom is -0.366 e. The first-order valence-corrected chi connectivity index (χ1v) is 7.92. The van der Waals surface area contributed by atoms with Gasteiger partial charge in [0.2, 0.25) is 0 Å². The largest absolute Gasteiger partial charge is 0.366 e. The molecule has 1 heterocycles. The van der Waals surface area contributed by atoms with Gasteiger partial charge < -0.3 is 10.6 Å². The zero-order valence-electron chi connectivity index (χ0n) is 13.8. The maximum absolute atomic E-state index is 12.9. The molecule has 0 saturated heterocycles. The highest BCUT2D eigenvalue weighted by Crippen LogP contribution is 2.13. The van der Waals surface area contributed by atoms with E-state index in [4.69, 9.17) is 0 Å². The third kappa shape index (κ3) is 4.64. The Morgan fingerprint density at radius 1 is 1.08 bits per heavy atom. The van der Waals surface area contributed by atoms with Crippen molar-refractivity contribution in [2.75, 3.05) is 10.6 Å². The summed E-state index contributed by atoms with van der Waals surface area (Å²) in [6.45, 7) is 2.73. The van der Waals surface area contributed by atoms with Crippen molar-refractivity contribution >= 4 is 17.4 Å². The van der Waals surface area contributed by atoms with Gasteiger partial charge in [-0.25, -0.2) is 9.37 Å². The topological polar surface area (TPSA) is 54.0 Å². The Morgan fingerprint density at radius 2 is 1.88 bits per heavy atom. The lowest BCUT2D eigenvalue weighted by atomic mass is 10.1. The second-order valence-corrected chi connectivity index (χ2v) is 5.74. The van der Waals surface area contributed by atoms with E-state index in [1.165, 1.54) is 35.4 Å². The number of pyridine rings is 1. The highest BCUT2D eigenvalue weighted by molar-refractivity contribution is 6.04. The van der Waals surface area contributed by atoms with Crippen LogP contribution in [-0.2, 0) is 6.54 Å². The quantitative estimate of drug-likeness (QED) is 0.727. The van der Waals surface area contributed by atoms with Gasteiger partial charge in [-0.3, -0.25) is 4.79 Å². The van der Waals surface area contributed by atoms with Gasteiger partial charge >= 0.3 is 0 Å². The van der Waals surface area contributed by atoms with Crippen LogP contribution in [0.4, 0.5) is 15.9 Å². The summed E-state index contributed by atoms with van der Waals surface area (Å²) in [5.74, 6) is 0.0470. The first kappa shape index (κ1) is 16.6. The molecule has 0 fully saturated rings. The van der Waals surface area contributed by atoms with Crippen LogP contribution >= 0.6 is 0 Å². The number of anilines is 2. The smallest absolute Gasteiger partial charge is 0.255 e. The van der Waals surface area contributed by atoms with E-state index >= 15 is 0 Å². The van der Waals surface area contributed by atoms with Crippen LogP contribution in [0.2, 0.25) is 0 Å². The number of rotatable bonds is 5. The minimum atomic E-state index is -0.373. The normalized spacial score (nSPS) is 10.3. The van der Waals surface area contributed by atoms with Crippen molar-refractivity contribution in [2.24, 2.45) is 0 Å². The summed E-state index contributed by atoms with van der Waals surface area (Å²) in [5, 5.41) is 5.98. The number of aryl methyl sites for hydroxylation is 1. The summed E-state index contributed by atoms with van der Waals surface area (Å²) in [4.78, 5) is 16.4. The monoisotopic (exact) mass is 335 g/mol. The lowest BCUT2D eigenvalue weighted by molar-refractivity contribution is 0.102. The fourth-order valence-corrected chi connectivity index (χ4v) is 2.39. The fraction of sp³-hybridized carbons (Fsp3) is 0.100. The molecule has 1 amide bonds. The number of hydrogen-bond donors (Lipinski definition) is 2. The molecule has 0 aliphatic rings. The summed E-state index contributed by atoms with van der Waals surface area (Å²) >= 11 is 0. The van der Waals surface area contributed by atoms with E-state index in [9.17, 15) is 9.18 Å². The summed E-state index contributed by atoms with van der Waals surface area (Å²) in [7, 11) is 0. The number of benzene rings is 2. The van der Waals surface area contributed by atoms with Crippen LogP contribution in [-0.4, -0.2) is 10.9 Å². The average Bonchev–Trinajstić information content (AvgIpc) is 2.62. The molecule has 5 heteroatoms. The van der Waals surface area contributed by atoms with Crippen LogP contribution < -0.4 is 10.6 Å². The molecule has 1 aromatic heterocycles. The molecule has 4 nitrogen and oxygen atoms in total.